The fourth-order valence-electron chi connectivity index (χ4n) is 2.83. The van der Waals surface area contributed by atoms with Crippen molar-refractivity contribution in [1.29, 1.82) is 0 Å². The SMILES string of the molecule is O=C(O)CCN1CCSC[C@H](N[C@@H](CCc2ccccc2)C(=O)O)C1=O. The highest BCUT2D eigenvalue weighted by Crippen LogP contribution is 2.14. The van der Waals surface area contributed by atoms with Gasteiger partial charge in [0.15, 0.2) is 0 Å². The van der Waals surface area contributed by atoms with E-state index in [0.29, 0.717) is 30.9 Å². The molecule has 7 nitrogen and oxygen atoms in total. The van der Waals surface area contributed by atoms with Crippen LogP contribution in [0.4, 0.5) is 0 Å². The van der Waals surface area contributed by atoms with Gasteiger partial charge in [0.05, 0.1) is 12.5 Å². The summed E-state index contributed by atoms with van der Waals surface area (Å²) in [7, 11) is 0. The molecule has 3 N–H and O–H groups in total. The van der Waals surface area contributed by atoms with Crippen molar-refractivity contribution >= 4 is 29.6 Å². The van der Waals surface area contributed by atoms with Crippen molar-refractivity contribution in [3.8, 4) is 0 Å². The maximum Gasteiger partial charge on any atom is 0.320 e. The van der Waals surface area contributed by atoms with Crippen LogP contribution >= 0.6 is 11.8 Å². The van der Waals surface area contributed by atoms with Crippen LogP contribution in [-0.4, -0.2) is 69.6 Å². The smallest absolute Gasteiger partial charge is 0.320 e. The zero-order valence-electron chi connectivity index (χ0n) is 14.5. The quantitative estimate of drug-likeness (QED) is 0.588. The van der Waals surface area contributed by atoms with E-state index in [1.165, 1.54) is 4.90 Å². The van der Waals surface area contributed by atoms with E-state index in [0.717, 1.165) is 5.56 Å². The van der Waals surface area contributed by atoms with Crippen molar-refractivity contribution in [2.24, 2.45) is 0 Å². The molecule has 1 aromatic rings. The van der Waals surface area contributed by atoms with Gasteiger partial charge in [-0.1, -0.05) is 30.3 Å². The van der Waals surface area contributed by atoms with Gasteiger partial charge in [-0.05, 0) is 18.4 Å². The Kier molecular flexibility index (Phi) is 7.93. The topological polar surface area (TPSA) is 107 Å². The Hall–Kier alpha value is -2.06. The molecule has 0 unspecified atom stereocenters. The van der Waals surface area contributed by atoms with Gasteiger partial charge in [-0.3, -0.25) is 19.7 Å². The van der Waals surface area contributed by atoms with Crippen LogP contribution in [0.15, 0.2) is 30.3 Å². The summed E-state index contributed by atoms with van der Waals surface area (Å²) in [6.07, 6.45) is 0.865. The van der Waals surface area contributed by atoms with E-state index in [1.54, 1.807) is 11.8 Å². The van der Waals surface area contributed by atoms with E-state index in [9.17, 15) is 19.5 Å². The second kappa shape index (κ2) is 10.2. The van der Waals surface area contributed by atoms with Gasteiger partial charge in [-0.25, -0.2) is 0 Å². The van der Waals surface area contributed by atoms with Gasteiger partial charge in [0.25, 0.3) is 0 Å². The third kappa shape index (κ3) is 6.34. The van der Waals surface area contributed by atoms with E-state index in [1.807, 2.05) is 30.3 Å². The Balaban J connectivity index is 1.97. The number of rotatable bonds is 9. The van der Waals surface area contributed by atoms with Gasteiger partial charge in [0.2, 0.25) is 5.91 Å². The zero-order chi connectivity index (χ0) is 18.9. The highest BCUT2D eigenvalue weighted by atomic mass is 32.2. The lowest BCUT2D eigenvalue weighted by molar-refractivity contribution is -0.140. The van der Waals surface area contributed by atoms with Crippen molar-refractivity contribution in [3.05, 3.63) is 35.9 Å². The van der Waals surface area contributed by atoms with Gasteiger partial charge in [-0.2, -0.15) is 11.8 Å². The van der Waals surface area contributed by atoms with Crippen molar-refractivity contribution in [3.63, 3.8) is 0 Å². The molecule has 2 atom stereocenters. The Morgan fingerprint density at radius 1 is 1.27 bits per heavy atom. The lowest BCUT2D eigenvalue weighted by Crippen LogP contribution is -2.53. The summed E-state index contributed by atoms with van der Waals surface area (Å²) < 4.78 is 0. The molecule has 0 aliphatic carbocycles. The molecule has 0 aromatic heterocycles. The highest BCUT2D eigenvalue weighted by Gasteiger charge is 2.31. The number of thioether (sulfide) groups is 1. The fourth-order valence-corrected chi connectivity index (χ4v) is 3.82. The third-order valence-corrected chi connectivity index (χ3v) is 5.30. The Morgan fingerprint density at radius 2 is 2.00 bits per heavy atom. The first-order valence-electron chi connectivity index (χ1n) is 8.58. The third-order valence-electron chi connectivity index (χ3n) is 4.26. The number of carboxylic acid groups (broad SMARTS) is 2. The molecule has 2 rings (SSSR count). The summed E-state index contributed by atoms with van der Waals surface area (Å²) in [5.74, 6) is -0.962. The molecule has 1 saturated heterocycles. The number of hydrogen-bond donors (Lipinski definition) is 3. The fraction of sp³-hybridized carbons (Fsp3) is 0.500. The van der Waals surface area contributed by atoms with Crippen LogP contribution in [0.1, 0.15) is 18.4 Å². The molecule has 1 amide bonds. The summed E-state index contributed by atoms with van der Waals surface area (Å²) in [6.45, 7) is 0.630. The number of hydrogen-bond acceptors (Lipinski definition) is 5. The molecule has 1 aliphatic rings. The highest BCUT2D eigenvalue weighted by molar-refractivity contribution is 7.99. The summed E-state index contributed by atoms with van der Waals surface area (Å²) in [6, 6.07) is 8.16. The maximum absolute atomic E-state index is 12.7. The van der Waals surface area contributed by atoms with Gasteiger partial charge < -0.3 is 15.1 Å². The molecule has 0 saturated carbocycles. The van der Waals surface area contributed by atoms with Crippen molar-refractivity contribution in [1.82, 2.24) is 10.2 Å². The monoisotopic (exact) mass is 380 g/mol. The molecule has 1 aromatic carbocycles. The number of amides is 1. The minimum Gasteiger partial charge on any atom is -0.481 e. The van der Waals surface area contributed by atoms with Gasteiger partial charge in [0.1, 0.15) is 6.04 Å². The number of nitrogens with zero attached hydrogens (tertiary/aromatic N) is 1. The van der Waals surface area contributed by atoms with Crippen LogP contribution in [0.3, 0.4) is 0 Å². The van der Waals surface area contributed by atoms with Gasteiger partial charge in [-0.15, -0.1) is 0 Å². The first-order valence-corrected chi connectivity index (χ1v) is 9.74. The van der Waals surface area contributed by atoms with Crippen LogP contribution in [0.25, 0.3) is 0 Å². The molecule has 1 aliphatic heterocycles. The van der Waals surface area contributed by atoms with Crippen molar-refractivity contribution < 1.29 is 24.6 Å². The number of carboxylic acids is 2. The van der Waals surface area contributed by atoms with E-state index in [4.69, 9.17) is 5.11 Å². The minimum atomic E-state index is -0.986. The number of aliphatic carboxylic acids is 2. The van der Waals surface area contributed by atoms with Crippen molar-refractivity contribution in [2.75, 3.05) is 24.6 Å². The lowest BCUT2D eigenvalue weighted by atomic mass is 10.0. The molecule has 142 valence electrons. The predicted octanol–water partition coefficient (Wildman–Crippen LogP) is 1.08. The number of carbonyl (C=O) groups excluding carboxylic acids is 1. The summed E-state index contributed by atoms with van der Waals surface area (Å²) >= 11 is 1.57. The first-order chi connectivity index (χ1) is 12.5. The molecule has 8 heteroatoms. The zero-order valence-corrected chi connectivity index (χ0v) is 15.3. The Labute approximate surface area is 156 Å². The molecule has 0 bridgehead atoms. The normalized spacial score (nSPS) is 19.0. The van der Waals surface area contributed by atoms with Crippen LogP contribution in [0.5, 0.6) is 0 Å². The molecule has 0 radical (unpaired) electrons. The van der Waals surface area contributed by atoms with E-state index in [2.05, 4.69) is 5.32 Å². The number of carbonyl (C=O) groups is 3. The largest absolute Gasteiger partial charge is 0.481 e. The summed E-state index contributed by atoms with van der Waals surface area (Å²) in [5, 5.41) is 21.3. The standard InChI is InChI=1S/C18H24N2O5S/c21-16(22)8-9-20-10-11-26-12-15(17(20)23)19-14(18(24)25)7-6-13-4-2-1-3-5-13/h1-5,14-15,19H,6-12H2,(H,21,22)(H,24,25)/t14-,15-/m0/s1. The molecule has 1 heterocycles. The Bertz CT molecular complexity index is 625. The average molecular weight is 380 g/mol. The second-order valence-electron chi connectivity index (χ2n) is 6.18. The maximum atomic E-state index is 12.7. The van der Waals surface area contributed by atoms with Crippen LogP contribution in [0, 0.1) is 0 Å². The Morgan fingerprint density at radius 3 is 2.65 bits per heavy atom. The summed E-state index contributed by atoms with van der Waals surface area (Å²) in [4.78, 5) is 36.5. The van der Waals surface area contributed by atoms with E-state index >= 15 is 0 Å². The van der Waals surface area contributed by atoms with E-state index in [-0.39, 0.29) is 18.9 Å². The predicted molar refractivity (Wildman–Crippen MR) is 99.3 cm³/mol. The molecular formula is C18H24N2O5S. The first kappa shape index (κ1) is 20.3. The summed E-state index contributed by atoms with van der Waals surface area (Å²) in [5.41, 5.74) is 1.05. The molecular weight excluding hydrogens is 356 g/mol. The minimum absolute atomic E-state index is 0.112. The van der Waals surface area contributed by atoms with E-state index < -0.39 is 24.0 Å². The van der Waals surface area contributed by atoms with Gasteiger partial charge >= 0.3 is 11.9 Å². The number of nitrogens with one attached hydrogen (secondary N) is 1. The van der Waals surface area contributed by atoms with Gasteiger partial charge in [0, 0.05) is 24.6 Å². The molecule has 26 heavy (non-hydrogen) atoms. The van der Waals surface area contributed by atoms with Crippen molar-refractivity contribution in [2.45, 2.75) is 31.3 Å². The second-order valence-corrected chi connectivity index (χ2v) is 7.33. The molecule has 0 spiro atoms. The average Bonchev–Trinajstić information content (AvgIpc) is 2.79. The molecule has 1 fully saturated rings. The van der Waals surface area contributed by atoms with Crippen LogP contribution < -0.4 is 5.32 Å². The number of aryl methyl sites for hydroxylation is 1. The van der Waals surface area contributed by atoms with Crippen LogP contribution in [0.2, 0.25) is 0 Å². The number of benzene rings is 1. The lowest BCUT2D eigenvalue weighted by Gasteiger charge is -2.26. The van der Waals surface area contributed by atoms with Crippen LogP contribution in [-0.2, 0) is 20.8 Å².